The second kappa shape index (κ2) is 47.1. The number of hydrogen-bond acceptors (Lipinski definition) is 6. The number of benzene rings is 4. The number of hydrogen-bond donors (Lipinski definition) is 2. The molecule has 0 aliphatic carbocycles. The Morgan fingerprint density at radius 3 is 0.481 bits per heavy atom. The molecule has 2 aliphatic rings. The lowest BCUT2D eigenvalue weighted by atomic mass is 9.92. The standard InChI is InChI=1S/C96H146N8/c1-9-17-25-33-41-49-57-73-65-81-82(66-74(73)58-50-42-34-26-18-10-2)90-97-89(81)101-91-83-67-75(59-51-43-35-27-19-11-3)76(60-52-44-36-28-20-12-4)68-84(83)93(98-91)103-95-87-71-79(63-55-47-39-31-23-15-7)80(64-56-48-40-32-24-16-8)72-88(87)96(100-95)104-94-86-70-78(62-54-46-38-30-22-14-6)77(61-53-45-37-29-21-13-5)69-85(86)92(99-94)102-90/h65-72H,9-64H2,1-8H3,(H2,97,98,99,100,101,102,103,104). The Balaban J connectivity index is 1.34. The second-order valence-electron chi connectivity index (χ2n) is 32.4. The van der Waals surface area contributed by atoms with Crippen LogP contribution in [0, 0.1) is 0 Å². The van der Waals surface area contributed by atoms with Gasteiger partial charge in [0.15, 0.2) is 23.3 Å². The quantitative estimate of drug-likeness (QED) is 0.0368. The summed E-state index contributed by atoms with van der Waals surface area (Å²) < 4.78 is 0. The van der Waals surface area contributed by atoms with E-state index in [0.717, 1.165) is 141 Å². The lowest BCUT2D eigenvalue weighted by Crippen LogP contribution is -1.98. The third-order valence-corrected chi connectivity index (χ3v) is 23.5. The summed E-state index contributed by atoms with van der Waals surface area (Å²) in [4.78, 5) is 43.2. The van der Waals surface area contributed by atoms with Gasteiger partial charge in [0.1, 0.15) is 22.6 Å². The van der Waals surface area contributed by atoms with Gasteiger partial charge in [-0.15, -0.1) is 0 Å². The average Bonchev–Trinajstić information content (AvgIpc) is 1.59. The average molecular weight is 1410 g/mol. The highest BCUT2D eigenvalue weighted by atomic mass is 15.1. The van der Waals surface area contributed by atoms with E-state index in [1.54, 1.807) is 0 Å². The molecule has 0 amide bonds. The number of aromatic nitrogens is 8. The zero-order valence-electron chi connectivity index (χ0n) is 67.9. The predicted molar refractivity (Wildman–Crippen MR) is 453 cm³/mol. The van der Waals surface area contributed by atoms with E-state index >= 15 is 0 Å². The highest BCUT2D eigenvalue weighted by Gasteiger charge is 2.27. The topological polar surface area (TPSA) is 109 Å². The Morgan fingerprint density at radius 1 is 0.173 bits per heavy atom. The number of unbranched alkanes of at least 4 members (excludes halogenated alkanes) is 40. The van der Waals surface area contributed by atoms with Crippen molar-refractivity contribution in [3.05, 3.63) is 93.0 Å². The predicted octanol–water partition coefficient (Wildman–Crippen LogP) is 30.1. The van der Waals surface area contributed by atoms with Crippen molar-refractivity contribution >= 4 is 44.1 Å². The van der Waals surface area contributed by atoms with Gasteiger partial charge in [-0.25, -0.2) is 29.9 Å². The number of aryl methyl sites for hydroxylation is 8. The number of H-pyrrole nitrogens is 2. The first-order valence-corrected chi connectivity index (χ1v) is 44.8. The normalized spacial score (nSPS) is 12.1. The van der Waals surface area contributed by atoms with Crippen LogP contribution in [0.2, 0.25) is 0 Å². The molecule has 8 nitrogen and oxygen atoms in total. The van der Waals surface area contributed by atoms with Crippen LogP contribution >= 0.6 is 0 Å². The summed E-state index contributed by atoms with van der Waals surface area (Å²) >= 11 is 0. The lowest BCUT2D eigenvalue weighted by Gasteiger charge is -2.13. The molecule has 0 radical (unpaired) electrons. The van der Waals surface area contributed by atoms with Crippen LogP contribution in [0.3, 0.4) is 0 Å². The molecule has 8 bridgehead atoms. The van der Waals surface area contributed by atoms with Gasteiger partial charge in [-0.1, -0.05) is 312 Å². The van der Waals surface area contributed by atoms with E-state index < -0.39 is 0 Å². The van der Waals surface area contributed by atoms with Crippen molar-refractivity contribution in [2.24, 2.45) is 0 Å². The zero-order valence-corrected chi connectivity index (χ0v) is 67.9. The first kappa shape index (κ1) is 82.3. The summed E-state index contributed by atoms with van der Waals surface area (Å²) in [6, 6.07) is 20.2. The van der Waals surface area contributed by atoms with Gasteiger partial charge in [-0.05, 0) is 196 Å². The van der Waals surface area contributed by atoms with Gasteiger partial charge in [0.05, 0.1) is 0 Å². The Bertz CT molecular complexity index is 3320. The molecule has 0 atom stereocenters. The SMILES string of the molecule is CCCCCCCCc1cc2c(cc1CCCCCCCC)-c1nc-2nc2[nH]c(nc3nc(nc4[nH]c(n1)c1cc(CCCCCCCC)c(CCCCCCCC)cc41)-c1cc(CCCCCCCC)c(CCCCCCCC)cc1-3)c1cc(CCCCCCCC)c(CCCCCCCC)cc21. The molecule has 104 heavy (non-hydrogen) atoms. The summed E-state index contributed by atoms with van der Waals surface area (Å²) in [5.41, 5.74) is 19.5. The van der Waals surface area contributed by atoms with Crippen molar-refractivity contribution in [2.45, 2.75) is 415 Å². The molecule has 0 fully saturated rings. The second-order valence-corrected chi connectivity index (χ2v) is 32.4. The first-order valence-electron chi connectivity index (χ1n) is 44.8. The third kappa shape index (κ3) is 25.2. The summed E-state index contributed by atoms with van der Waals surface area (Å²) in [5.74, 6) is 2.97. The monoisotopic (exact) mass is 1410 g/mol. The minimum atomic E-state index is 0.742. The van der Waals surface area contributed by atoms with Gasteiger partial charge < -0.3 is 9.97 Å². The Hall–Kier alpha value is -5.76. The van der Waals surface area contributed by atoms with Crippen LogP contribution in [0.5, 0.6) is 0 Å². The number of rotatable bonds is 56. The Kier molecular flexibility index (Phi) is 37.3. The smallest absolute Gasteiger partial charge is 0.164 e. The molecule has 8 heteroatoms. The van der Waals surface area contributed by atoms with E-state index in [4.69, 9.17) is 29.9 Å². The van der Waals surface area contributed by atoms with Crippen molar-refractivity contribution < 1.29 is 0 Å². The van der Waals surface area contributed by atoms with Crippen molar-refractivity contribution in [3.8, 4) is 45.6 Å². The van der Waals surface area contributed by atoms with Gasteiger partial charge in [0, 0.05) is 43.8 Å². The fourth-order valence-corrected chi connectivity index (χ4v) is 17.0. The van der Waals surface area contributed by atoms with Crippen molar-refractivity contribution in [3.63, 3.8) is 0 Å². The molecule has 0 saturated carbocycles. The van der Waals surface area contributed by atoms with Crippen molar-refractivity contribution in [1.29, 1.82) is 0 Å². The van der Waals surface area contributed by atoms with Gasteiger partial charge in [0.25, 0.3) is 0 Å². The van der Waals surface area contributed by atoms with Crippen LogP contribution < -0.4 is 0 Å². The highest BCUT2D eigenvalue weighted by Crippen LogP contribution is 2.42. The van der Waals surface area contributed by atoms with Crippen LogP contribution in [-0.2, 0) is 51.4 Å². The van der Waals surface area contributed by atoms with E-state index in [1.165, 1.54) is 353 Å². The summed E-state index contributed by atoms with van der Waals surface area (Å²) in [6.07, 6.45) is 70.0. The molecule has 0 saturated heterocycles. The van der Waals surface area contributed by atoms with E-state index in [9.17, 15) is 0 Å². The molecular weight excluding hydrogens is 1270 g/mol. The minimum Gasteiger partial charge on any atom is -0.324 e. The van der Waals surface area contributed by atoms with E-state index in [2.05, 4.69) is 114 Å². The van der Waals surface area contributed by atoms with Crippen LogP contribution in [0.1, 0.15) is 408 Å². The van der Waals surface area contributed by atoms with Crippen molar-refractivity contribution in [2.75, 3.05) is 0 Å². The fourth-order valence-electron chi connectivity index (χ4n) is 17.0. The van der Waals surface area contributed by atoms with E-state index in [0.29, 0.717) is 0 Å². The van der Waals surface area contributed by atoms with Crippen molar-refractivity contribution in [1.82, 2.24) is 39.9 Å². The van der Waals surface area contributed by atoms with Crippen LogP contribution in [-0.4, -0.2) is 39.9 Å². The first-order chi connectivity index (χ1) is 51.3. The molecule has 0 unspecified atom stereocenters. The maximum atomic E-state index is 5.90. The number of fused-ring (bicyclic) bond motifs is 20. The van der Waals surface area contributed by atoms with Gasteiger partial charge >= 0.3 is 0 Å². The lowest BCUT2D eigenvalue weighted by molar-refractivity contribution is 0.599. The van der Waals surface area contributed by atoms with Crippen LogP contribution in [0.4, 0.5) is 0 Å². The van der Waals surface area contributed by atoms with Crippen LogP contribution in [0.15, 0.2) is 48.5 Å². The summed E-state index contributed by atoms with van der Waals surface area (Å²) in [7, 11) is 0. The van der Waals surface area contributed by atoms with Gasteiger partial charge in [-0.3, -0.25) is 0 Å². The number of nitrogens with one attached hydrogen (secondary N) is 2. The number of nitrogens with zero attached hydrogens (tertiary/aromatic N) is 6. The summed E-state index contributed by atoms with van der Waals surface area (Å²) in [6.45, 7) is 18.6. The van der Waals surface area contributed by atoms with Gasteiger partial charge in [-0.2, -0.15) is 0 Å². The molecule has 2 N–H and O–H groups in total. The largest absolute Gasteiger partial charge is 0.324 e. The number of aromatic amines is 2. The highest BCUT2D eigenvalue weighted by molar-refractivity contribution is 6.07. The molecule has 0 spiro atoms. The third-order valence-electron chi connectivity index (χ3n) is 23.5. The molecule has 3 aromatic heterocycles. The van der Waals surface area contributed by atoms with E-state index in [1.807, 2.05) is 0 Å². The Morgan fingerprint density at radius 2 is 0.317 bits per heavy atom. The Labute approximate surface area is 633 Å². The van der Waals surface area contributed by atoms with E-state index in [-0.39, 0.29) is 0 Å². The molecule has 2 aliphatic heterocycles. The van der Waals surface area contributed by atoms with Gasteiger partial charge in [0.2, 0.25) is 0 Å². The zero-order chi connectivity index (χ0) is 72.8. The molecule has 570 valence electrons. The minimum absolute atomic E-state index is 0.742. The molecule has 7 aromatic rings. The molecule has 5 heterocycles. The fraction of sp³-hybridized carbons (Fsp3) is 0.667. The maximum absolute atomic E-state index is 5.90. The maximum Gasteiger partial charge on any atom is 0.164 e. The molecule has 4 aromatic carbocycles. The summed E-state index contributed by atoms with van der Waals surface area (Å²) in [5, 5.41) is 4.51. The molecular formula is C96H146N8. The van der Waals surface area contributed by atoms with Crippen LogP contribution in [0.25, 0.3) is 89.7 Å². The molecule has 9 rings (SSSR count).